The zero-order valence-corrected chi connectivity index (χ0v) is 17.3. The second-order valence-corrected chi connectivity index (χ2v) is 7.58. The Labute approximate surface area is 175 Å². The molecule has 1 aliphatic carbocycles. The molecule has 0 radical (unpaired) electrons. The number of hydrogen-bond acceptors (Lipinski definition) is 3. The molecule has 6 heteroatoms. The van der Waals surface area contributed by atoms with Gasteiger partial charge < -0.3 is 10.1 Å². The van der Waals surface area contributed by atoms with Gasteiger partial charge in [0.1, 0.15) is 11.6 Å². The molecule has 0 fully saturated rings. The molecule has 4 rings (SSSR count). The highest BCUT2D eigenvalue weighted by Crippen LogP contribution is 2.28. The van der Waals surface area contributed by atoms with E-state index >= 15 is 0 Å². The van der Waals surface area contributed by atoms with E-state index in [1.54, 1.807) is 23.9 Å². The highest BCUT2D eigenvalue weighted by molar-refractivity contribution is 5.94. The minimum Gasteiger partial charge on any atom is -0.497 e. The molecule has 0 spiro atoms. The first-order valence-electron chi connectivity index (χ1n) is 10.4. The number of aromatic nitrogens is 2. The molecule has 0 saturated carbocycles. The summed E-state index contributed by atoms with van der Waals surface area (Å²) in [6.07, 6.45) is 4.56. The number of carbonyl (C=O) groups excluding carboxylic acids is 1. The number of carbonyl (C=O) groups is 1. The molecule has 3 aromatic rings. The fraction of sp³-hybridized carbons (Fsp3) is 0.333. The van der Waals surface area contributed by atoms with E-state index in [-0.39, 0.29) is 17.8 Å². The van der Waals surface area contributed by atoms with E-state index in [1.165, 1.54) is 12.1 Å². The average Bonchev–Trinajstić information content (AvgIpc) is 3.18. The standard InChI is InChI=1S/C24H26FN3O2/c1-3-21(16-8-14-19(30-2)15-9-16)26-24(29)23-20-6-4-5-7-22(20)28(27-23)18-12-10-17(25)11-13-18/h8-15,21H,3-7H2,1-2H3,(H,26,29). The Morgan fingerprint density at radius 1 is 1.13 bits per heavy atom. The van der Waals surface area contributed by atoms with Crippen LogP contribution in [0.25, 0.3) is 5.69 Å². The number of halogens is 1. The Morgan fingerprint density at radius 2 is 1.83 bits per heavy atom. The molecular weight excluding hydrogens is 381 g/mol. The molecule has 1 aliphatic rings. The van der Waals surface area contributed by atoms with Crippen LogP contribution in [0, 0.1) is 5.82 Å². The van der Waals surface area contributed by atoms with Gasteiger partial charge in [0.05, 0.1) is 18.8 Å². The number of fused-ring (bicyclic) bond motifs is 1. The first-order chi connectivity index (χ1) is 14.6. The highest BCUT2D eigenvalue weighted by atomic mass is 19.1. The summed E-state index contributed by atoms with van der Waals surface area (Å²) in [7, 11) is 1.63. The minimum atomic E-state index is -0.289. The van der Waals surface area contributed by atoms with Gasteiger partial charge in [-0.25, -0.2) is 9.07 Å². The lowest BCUT2D eigenvalue weighted by molar-refractivity contribution is 0.0929. The maximum absolute atomic E-state index is 13.4. The Balaban J connectivity index is 1.63. The number of amides is 1. The van der Waals surface area contributed by atoms with Crippen molar-refractivity contribution in [1.82, 2.24) is 15.1 Å². The van der Waals surface area contributed by atoms with Crippen molar-refractivity contribution in [3.63, 3.8) is 0 Å². The number of benzene rings is 2. The third-order valence-corrected chi connectivity index (χ3v) is 5.70. The smallest absolute Gasteiger partial charge is 0.272 e. The average molecular weight is 407 g/mol. The molecule has 1 N–H and O–H groups in total. The van der Waals surface area contributed by atoms with Gasteiger partial charge in [0, 0.05) is 11.3 Å². The summed E-state index contributed by atoms with van der Waals surface area (Å²) in [5, 5.41) is 7.81. The fourth-order valence-corrected chi connectivity index (χ4v) is 4.06. The van der Waals surface area contributed by atoms with Gasteiger partial charge in [-0.2, -0.15) is 5.10 Å². The summed E-state index contributed by atoms with van der Waals surface area (Å²) in [4.78, 5) is 13.2. The maximum atomic E-state index is 13.4. The van der Waals surface area contributed by atoms with Gasteiger partial charge in [-0.3, -0.25) is 4.79 Å². The summed E-state index contributed by atoms with van der Waals surface area (Å²) in [6, 6.07) is 13.9. The van der Waals surface area contributed by atoms with Crippen LogP contribution in [0.2, 0.25) is 0 Å². The Hall–Kier alpha value is -3.15. The van der Waals surface area contributed by atoms with Gasteiger partial charge in [-0.15, -0.1) is 0 Å². The molecule has 5 nitrogen and oxygen atoms in total. The van der Waals surface area contributed by atoms with E-state index in [4.69, 9.17) is 4.74 Å². The second kappa shape index (κ2) is 8.69. The van der Waals surface area contributed by atoms with Crippen LogP contribution < -0.4 is 10.1 Å². The van der Waals surface area contributed by atoms with Gasteiger partial charge >= 0.3 is 0 Å². The summed E-state index contributed by atoms with van der Waals surface area (Å²) in [6.45, 7) is 2.04. The van der Waals surface area contributed by atoms with Crippen LogP contribution in [0.15, 0.2) is 48.5 Å². The van der Waals surface area contributed by atoms with E-state index in [0.717, 1.165) is 60.4 Å². The molecular formula is C24H26FN3O2. The molecule has 1 heterocycles. The van der Waals surface area contributed by atoms with Crippen molar-refractivity contribution in [2.45, 2.75) is 45.1 Å². The minimum absolute atomic E-state index is 0.112. The quantitative estimate of drug-likeness (QED) is 0.640. The van der Waals surface area contributed by atoms with Crippen molar-refractivity contribution < 1.29 is 13.9 Å². The lowest BCUT2D eigenvalue weighted by Crippen LogP contribution is -2.29. The monoisotopic (exact) mass is 407 g/mol. The summed E-state index contributed by atoms with van der Waals surface area (Å²) >= 11 is 0. The molecule has 1 amide bonds. The van der Waals surface area contributed by atoms with Crippen LogP contribution in [0.3, 0.4) is 0 Å². The Bertz CT molecular complexity index is 1030. The van der Waals surface area contributed by atoms with Gasteiger partial charge in [0.25, 0.3) is 5.91 Å². The fourth-order valence-electron chi connectivity index (χ4n) is 4.06. The highest BCUT2D eigenvalue weighted by Gasteiger charge is 2.27. The molecule has 1 atom stereocenters. The van der Waals surface area contributed by atoms with Gasteiger partial charge in [-0.05, 0) is 74.1 Å². The Morgan fingerprint density at radius 3 is 2.50 bits per heavy atom. The Kier molecular flexibility index (Phi) is 5.84. The third-order valence-electron chi connectivity index (χ3n) is 5.70. The zero-order chi connectivity index (χ0) is 21.1. The normalized spacial score (nSPS) is 14.1. The zero-order valence-electron chi connectivity index (χ0n) is 17.3. The first kappa shape index (κ1) is 20.1. The number of nitrogens with one attached hydrogen (secondary N) is 1. The van der Waals surface area contributed by atoms with E-state index in [0.29, 0.717) is 5.69 Å². The van der Waals surface area contributed by atoms with Gasteiger partial charge in [0.15, 0.2) is 5.69 Å². The van der Waals surface area contributed by atoms with E-state index in [1.807, 2.05) is 31.2 Å². The summed E-state index contributed by atoms with van der Waals surface area (Å²) < 4.78 is 20.4. The van der Waals surface area contributed by atoms with Crippen molar-refractivity contribution in [2.75, 3.05) is 7.11 Å². The molecule has 1 aromatic heterocycles. The number of hydrogen-bond donors (Lipinski definition) is 1. The van der Waals surface area contributed by atoms with Crippen LogP contribution >= 0.6 is 0 Å². The SMILES string of the molecule is CCC(NC(=O)c1nn(-c2ccc(F)cc2)c2c1CCCC2)c1ccc(OC)cc1. The van der Waals surface area contributed by atoms with Crippen LogP contribution in [0.4, 0.5) is 4.39 Å². The largest absolute Gasteiger partial charge is 0.497 e. The van der Waals surface area contributed by atoms with Crippen LogP contribution in [-0.2, 0) is 12.8 Å². The van der Waals surface area contributed by atoms with Crippen LogP contribution in [0.1, 0.15) is 59.5 Å². The second-order valence-electron chi connectivity index (χ2n) is 7.58. The predicted octanol–water partition coefficient (Wildman–Crippen LogP) is 4.78. The van der Waals surface area contributed by atoms with Crippen molar-refractivity contribution >= 4 is 5.91 Å². The lowest BCUT2D eigenvalue weighted by atomic mass is 9.95. The van der Waals surface area contributed by atoms with E-state index in [9.17, 15) is 9.18 Å². The topological polar surface area (TPSA) is 56.2 Å². The van der Waals surface area contributed by atoms with Gasteiger partial charge in [0.2, 0.25) is 0 Å². The van der Waals surface area contributed by atoms with Crippen LogP contribution in [0.5, 0.6) is 5.75 Å². The number of ether oxygens (including phenoxy) is 1. The molecule has 2 aromatic carbocycles. The molecule has 0 aliphatic heterocycles. The van der Waals surface area contributed by atoms with E-state index in [2.05, 4.69) is 10.4 Å². The predicted molar refractivity (Wildman–Crippen MR) is 114 cm³/mol. The maximum Gasteiger partial charge on any atom is 0.272 e. The molecule has 0 saturated heterocycles. The number of rotatable bonds is 6. The number of nitrogens with zero attached hydrogens (tertiary/aromatic N) is 2. The van der Waals surface area contributed by atoms with Crippen LogP contribution in [-0.4, -0.2) is 22.8 Å². The summed E-state index contributed by atoms with van der Waals surface area (Å²) in [5.74, 6) is 0.326. The summed E-state index contributed by atoms with van der Waals surface area (Å²) in [5.41, 5.74) is 4.33. The molecule has 156 valence electrons. The van der Waals surface area contributed by atoms with Crippen molar-refractivity contribution in [3.05, 3.63) is 76.9 Å². The van der Waals surface area contributed by atoms with Crippen molar-refractivity contribution in [3.8, 4) is 11.4 Å². The van der Waals surface area contributed by atoms with Gasteiger partial charge in [-0.1, -0.05) is 19.1 Å². The number of methoxy groups -OCH3 is 1. The van der Waals surface area contributed by atoms with Crippen molar-refractivity contribution in [1.29, 1.82) is 0 Å². The first-order valence-corrected chi connectivity index (χ1v) is 10.4. The molecule has 30 heavy (non-hydrogen) atoms. The lowest BCUT2D eigenvalue weighted by Gasteiger charge is -2.18. The third kappa shape index (κ3) is 3.95. The van der Waals surface area contributed by atoms with E-state index < -0.39 is 0 Å². The molecule has 1 unspecified atom stereocenters. The van der Waals surface area contributed by atoms with Crippen molar-refractivity contribution in [2.24, 2.45) is 0 Å². The molecule has 0 bridgehead atoms.